The first-order valence-electron chi connectivity index (χ1n) is 6.68. The summed E-state index contributed by atoms with van der Waals surface area (Å²) in [6, 6.07) is 10.1. The van der Waals surface area contributed by atoms with Crippen LogP contribution < -0.4 is 16.0 Å². The van der Waals surface area contributed by atoms with Gasteiger partial charge in [-0.15, -0.1) is 11.3 Å². The third-order valence-electron chi connectivity index (χ3n) is 3.05. The average Bonchev–Trinajstić information content (AvgIpc) is 2.88. The highest BCUT2D eigenvalue weighted by molar-refractivity contribution is 9.10. The van der Waals surface area contributed by atoms with E-state index >= 15 is 0 Å². The van der Waals surface area contributed by atoms with Gasteiger partial charge in [0.1, 0.15) is 5.75 Å². The minimum absolute atomic E-state index is 0.00549. The summed E-state index contributed by atoms with van der Waals surface area (Å²) in [5.41, 5.74) is 4.00. The van der Waals surface area contributed by atoms with Crippen LogP contribution in [0.3, 0.4) is 0 Å². The van der Waals surface area contributed by atoms with Gasteiger partial charge in [-0.05, 0) is 51.5 Å². The van der Waals surface area contributed by atoms with Crippen molar-refractivity contribution in [1.29, 1.82) is 0 Å². The smallest absolute Gasteiger partial charge is 0.119 e. The van der Waals surface area contributed by atoms with Crippen molar-refractivity contribution in [2.45, 2.75) is 25.8 Å². The van der Waals surface area contributed by atoms with Gasteiger partial charge in [0.2, 0.25) is 0 Å². The Kier molecular flexibility index (Phi) is 6.04. The number of rotatable bonds is 7. The second kappa shape index (κ2) is 7.78. The maximum absolute atomic E-state index is 5.71. The highest BCUT2D eigenvalue weighted by atomic mass is 79.9. The Balaban J connectivity index is 2.10. The first-order chi connectivity index (χ1) is 9.76. The molecule has 0 amide bonds. The van der Waals surface area contributed by atoms with Gasteiger partial charge in [-0.2, -0.15) is 0 Å². The highest BCUT2D eigenvalue weighted by Crippen LogP contribution is 2.33. The fraction of sp³-hybridized carbons (Fsp3) is 0.333. The van der Waals surface area contributed by atoms with Crippen LogP contribution in [0.2, 0.25) is 0 Å². The first-order valence-corrected chi connectivity index (χ1v) is 8.35. The number of nitrogens with one attached hydrogen (secondary N) is 1. The lowest BCUT2D eigenvalue weighted by Gasteiger charge is -2.16. The van der Waals surface area contributed by atoms with Crippen molar-refractivity contribution in [2.75, 3.05) is 6.61 Å². The van der Waals surface area contributed by atoms with E-state index in [0.29, 0.717) is 0 Å². The molecule has 5 heteroatoms. The van der Waals surface area contributed by atoms with Crippen molar-refractivity contribution in [1.82, 2.24) is 5.43 Å². The van der Waals surface area contributed by atoms with Gasteiger partial charge in [0, 0.05) is 9.35 Å². The monoisotopic (exact) mass is 354 g/mol. The molecule has 0 spiro atoms. The molecule has 2 aromatic rings. The third-order valence-corrected chi connectivity index (χ3v) is 4.99. The van der Waals surface area contributed by atoms with Crippen LogP contribution in [-0.4, -0.2) is 6.61 Å². The van der Waals surface area contributed by atoms with Crippen LogP contribution in [-0.2, 0) is 0 Å². The largest absolute Gasteiger partial charge is 0.494 e. The van der Waals surface area contributed by atoms with Gasteiger partial charge in [0.15, 0.2) is 0 Å². The van der Waals surface area contributed by atoms with Crippen molar-refractivity contribution in [3.63, 3.8) is 0 Å². The zero-order valence-corrected chi connectivity index (χ0v) is 13.8. The van der Waals surface area contributed by atoms with Crippen molar-refractivity contribution in [3.8, 4) is 5.75 Å². The number of hydrogen-bond donors (Lipinski definition) is 2. The van der Waals surface area contributed by atoms with Crippen LogP contribution in [0.1, 0.15) is 36.2 Å². The molecule has 2 rings (SSSR count). The molecular weight excluding hydrogens is 336 g/mol. The number of unbranched alkanes of at least 4 members (excludes halogenated alkanes) is 1. The number of nitrogens with two attached hydrogens (primary N) is 1. The lowest BCUT2D eigenvalue weighted by molar-refractivity contribution is 0.309. The van der Waals surface area contributed by atoms with E-state index in [1.807, 2.05) is 23.6 Å². The van der Waals surface area contributed by atoms with Crippen molar-refractivity contribution >= 4 is 27.3 Å². The Bertz CT molecular complexity index is 527. The molecule has 1 aromatic carbocycles. The lowest BCUT2D eigenvalue weighted by atomic mass is 10.1. The number of hydrogen-bond acceptors (Lipinski definition) is 4. The summed E-state index contributed by atoms with van der Waals surface area (Å²) in [6.07, 6.45) is 2.22. The molecule has 0 aliphatic carbocycles. The van der Waals surface area contributed by atoms with Gasteiger partial charge in [0.05, 0.1) is 12.6 Å². The number of thiophene rings is 1. The number of ether oxygens (including phenoxy) is 1. The van der Waals surface area contributed by atoms with E-state index in [2.05, 4.69) is 40.4 Å². The summed E-state index contributed by atoms with van der Waals surface area (Å²) in [7, 11) is 0. The Hall–Kier alpha value is -0.880. The van der Waals surface area contributed by atoms with E-state index in [1.165, 1.54) is 4.88 Å². The van der Waals surface area contributed by atoms with Crippen LogP contribution in [0, 0.1) is 0 Å². The molecule has 20 heavy (non-hydrogen) atoms. The molecule has 1 unspecified atom stereocenters. The normalized spacial score (nSPS) is 12.3. The molecule has 1 heterocycles. The maximum Gasteiger partial charge on any atom is 0.119 e. The van der Waals surface area contributed by atoms with E-state index in [-0.39, 0.29) is 6.04 Å². The molecule has 1 aromatic heterocycles. The molecule has 0 fully saturated rings. The van der Waals surface area contributed by atoms with E-state index in [0.717, 1.165) is 35.2 Å². The molecule has 0 saturated heterocycles. The van der Waals surface area contributed by atoms with E-state index in [4.69, 9.17) is 10.6 Å². The zero-order valence-electron chi connectivity index (χ0n) is 11.4. The summed E-state index contributed by atoms with van der Waals surface area (Å²) < 4.78 is 6.75. The minimum atomic E-state index is -0.00549. The Morgan fingerprint density at radius 1 is 1.30 bits per heavy atom. The summed E-state index contributed by atoms with van der Waals surface area (Å²) in [4.78, 5) is 1.17. The van der Waals surface area contributed by atoms with Crippen LogP contribution in [0.15, 0.2) is 40.2 Å². The van der Waals surface area contributed by atoms with Gasteiger partial charge >= 0.3 is 0 Å². The first kappa shape index (κ1) is 15.5. The van der Waals surface area contributed by atoms with Gasteiger partial charge in [-0.1, -0.05) is 25.5 Å². The fourth-order valence-electron chi connectivity index (χ4n) is 1.93. The molecule has 108 valence electrons. The Labute approximate surface area is 132 Å². The molecule has 3 nitrogen and oxygen atoms in total. The predicted octanol–water partition coefficient (Wildman–Crippen LogP) is 4.24. The topological polar surface area (TPSA) is 47.3 Å². The molecule has 0 saturated carbocycles. The highest BCUT2D eigenvalue weighted by Gasteiger charge is 2.16. The van der Waals surface area contributed by atoms with Gasteiger partial charge in [-0.25, -0.2) is 5.43 Å². The van der Waals surface area contributed by atoms with E-state index in [1.54, 1.807) is 11.3 Å². The zero-order chi connectivity index (χ0) is 14.4. The fourth-order valence-corrected chi connectivity index (χ4v) is 3.61. The SMILES string of the molecule is CCCCOc1ccc(C(NN)c2sccc2Br)cc1. The summed E-state index contributed by atoms with van der Waals surface area (Å²) >= 11 is 5.23. The van der Waals surface area contributed by atoms with Crippen LogP contribution >= 0.6 is 27.3 Å². The van der Waals surface area contributed by atoms with Crippen molar-refractivity contribution < 1.29 is 4.74 Å². The van der Waals surface area contributed by atoms with Gasteiger partial charge in [0.25, 0.3) is 0 Å². The van der Waals surface area contributed by atoms with Gasteiger partial charge in [-0.3, -0.25) is 5.84 Å². The minimum Gasteiger partial charge on any atom is -0.494 e. The summed E-state index contributed by atoms with van der Waals surface area (Å²) in [5, 5.41) is 2.05. The standard InChI is InChI=1S/C15H19BrN2OS/c1-2-3-9-19-12-6-4-11(5-7-12)14(18-17)15-13(16)8-10-20-15/h4-8,10,14,18H,2-3,9,17H2,1H3. The quantitative estimate of drug-likeness (QED) is 0.444. The second-order valence-electron chi connectivity index (χ2n) is 4.50. The van der Waals surface area contributed by atoms with Gasteiger partial charge < -0.3 is 4.74 Å². The van der Waals surface area contributed by atoms with E-state index < -0.39 is 0 Å². The number of benzene rings is 1. The third kappa shape index (κ3) is 3.82. The predicted molar refractivity (Wildman–Crippen MR) is 88.0 cm³/mol. The number of hydrazine groups is 1. The average molecular weight is 355 g/mol. The summed E-state index contributed by atoms with van der Waals surface area (Å²) in [6.45, 7) is 2.92. The van der Waals surface area contributed by atoms with Crippen LogP contribution in [0.25, 0.3) is 0 Å². The maximum atomic E-state index is 5.71. The molecular formula is C15H19BrN2OS. The van der Waals surface area contributed by atoms with Crippen LogP contribution in [0.5, 0.6) is 5.75 Å². The Morgan fingerprint density at radius 2 is 2.05 bits per heavy atom. The molecule has 1 atom stereocenters. The second-order valence-corrected chi connectivity index (χ2v) is 6.31. The number of halogens is 1. The molecule has 0 bridgehead atoms. The van der Waals surface area contributed by atoms with Crippen molar-refractivity contribution in [2.24, 2.45) is 5.84 Å². The lowest BCUT2D eigenvalue weighted by Crippen LogP contribution is -2.28. The van der Waals surface area contributed by atoms with E-state index in [9.17, 15) is 0 Å². The molecule has 3 N–H and O–H groups in total. The Morgan fingerprint density at radius 3 is 2.60 bits per heavy atom. The van der Waals surface area contributed by atoms with Crippen molar-refractivity contribution in [3.05, 3.63) is 50.6 Å². The molecule has 0 aliphatic rings. The van der Waals surface area contributed by atoms with Crippen LogP contribution in [0.4, 0.5) is 0 Å². The molecule has 0 radical (unpaired) electrons. The summed E-state index contributed by atoms with van der Waals surface area (Å²) in [5.74, 6) is 6.61. The molecule has 0 aliphatic heterocycles.